The predicted molar refractivity (Wildman–Crippen MR) is 80.4 cm³/mol. The topological polar surface area (TPSA) is 37.3 Å². The van der Waals surface area contributed by atoms with E-state index in [0.717, 1.165) is 11.1 Å². The van der Waals surface area contributed by atoms with Gasteiger partial charge >= 0.3 is 0 Å². The number of carbonyl (C=O) groups is 1. The van der Waals surface area contributed by atoms with Gasteiger partial charge in [0, 0.05) is 12.8 Å². The first-order valence-corrected chi connectivity index (χ1v) is 6.61. The molecule has 0 aliphatic rings. The fraction of sp³-hybridized carbons (Fsp3) is 0.167. The highest BCUT2D eigenvalue weighted by molar-refractivity contribution is 5.96. The molecule has 0 heterocycles. The minimum Gasteiger partial charge on any atom is -0.381 e. The zero-order valence-corrected chi connectivity index (χ0v) is 11.3. The van der Waals surface area contributed by atoms with Crippen LogP contribution in [0.1, 0.15) is 11.1 Å². The van der Waals surface area contributed by atoms with Gasteiger partial charge in [0.15, 0.2) is 5.78 Å². The minimum atomic E-state index is -1.44. The summed E-state index contributed by atoms with van der Waals surface area (Å²) in [6.45, 7) is 3.50. The van der Waals surface area contributed by atoms with Crippen LogP contribution in [0.2, 0.25) is 0 Å². The van der Waals surface area contributed by atoms with Gasteiger partial charge in [-0.05, 0) is 17.2 Å². The fourth-order valence-electron chi connectivity index (χ4n) is 2.29. The summed E-state index contributed by atoms with van der Waals surface area (Å²) in [6.07, 6.45) is 1.77. The van der Waals surface area contributed by atoms with Crippen molar-refractivity contribution in [3.05, 3.63) is 84.4 Å². The van der Waals surface area contributed by atoms with Crippen LogP contribution in [-0.2, 0) is 17.6 Å². The maximum atomic E-state index is 12.1. The molecule has 0 aliphatic heterocycles. The first-order chi connectivity index (χ1) is 9.64. The Morgan fingerprint density at radius 1 is 0.950 bits per heavy atom. The van der Waals surface area contributed by atoms with Crippen LogP contribution in [0.4, 0.5) is 0 Å². The molecule has 0 saturated heterocycles. The molecular weight excluding hydrogens is 248 g/mol. The number of aliphatic hydroxyl groups is 1. The van der Waals surface area contributed by atoms with Gasteiger partial charge in [-0.15, -0.1) is 0 Å². The van der Waals surface area contributed by atoms with Gasteiger partial charge in [-0.2, -0.15) is 0 Å². The molecule has 2 rings (SSSR count). The van der Waals surface area contributed by atoms with Crippen LogP contribution in [0, 0.1) is 0 Å². The molecule has 20 heavy (non-hydrogen) atoms. The molecule has 102 valence electrons. The van der Waals surface area contributed by atoms with E-state index >= 15 is 0 Å². The largest absolute Gasteiger partial charge is 0.381 e. The molecule has 0 aromatic heterocycles. The van der Waals surface area contributed by atoms with Gasteiger partial charge in [0.2, 0.25) is 0 Å². The van der Waals surface area contributed by atoms with E-state index in [2.05, 4.69) is 6.58 Å². The predicted octanol–water partition coefficient (Wildman–Crippen LogP) is 2.96. The molecule has 0 aliphatic carbocycles. The molecule has 0 spiro atoms. The third-order valence-electron chi connectivity index (χ3n) is 3.32. The van der Waals surface area contributed by atoms with Gasteiger partial charge in [-0.1, -0.05) is 67.2 Å². The molecule has 0 saturated carbocycles. The summed E-state index contributed by atoms with van der Waals surface area (Å²) in [7, 11) is 0. The summed E-state index contributed by atoms with van der Waals surface area (Å²) in [4.78, 5) is 12.1. The van der Waals surface area contributed by atoms with E-state index in [1.165, 1.54) is 6.08 Å². The molecule has 2 aromatic carbocycles. The number of hydrogen-bond donors (Lipinski definition) is 1. The maximum absolute atomic E-state index is 12.1. The van der Waals surface area contributed by atoms with Gasteiger partial charge < -0.3 is 5.11 Å². The van der Waals surface area contributed by atoms with E-state index in [1.54, 1.807) is 0 Å². The van der Waals surface area contributed by atoms with E-state index in [1.807, 2.05) is 60.7 Å². The Labute approximate surface area is 119 Å². The van der Waals surface area contributed by atoms with Crippen LogP contribution in [0.25, 0.3) is 0 Å². The van der Waals surface area contributed by atoms with E-state index in [0.29, 0.717) is 0 Å². The monoisotopic (exact) mass is 266 g/mol. The highest BCUT2D eigenvalue weighted by Gasteiger charge is 2.34. The highest BCUT2D eigenvalue weighted by atomic mass is 16.3. The quantitative estimate of drug-likeness (QED) is 0.816. The Balaban J connectivity index is 2.26. The minimum absolute atomic E-state index is 0.285. The van der Waals surface area contributed by atoms with E-state index in [4.69, 9.17) is 0 Å². The summed E-state index contributed by atoms with van der Waals surface area (Å²) in [6, 6.07) is 19.1. The van der Waals surface area contributed by atoms with Crippen LogP contribution in [-0.4, -0.2) is 16.5 Å². The normalized spacial score (nSPS) is 11.1. The molecule has 0 atom stereocenters. The Hall–Kier alpha value is -2.19. The first-order valence-electron chi connectivity index (χ1n) is 6.61. The molecule has 2 heteroatoms. The molecule has 2 aromatic rings. The van der Waals surface area contributed by atoms with Gasteiger partial charge in [-0.3, -0.25) is 4.79 Å². The zero-order chi connectivity index (χ0) is 14.4. The second-order valence-electron chi connectivity index (χ2n) is 4.92. The van der Waals surface area contributed by atoms with Crippen molar-refractivity contribution < 1.29 is 9.90 Å². The maximum Gasteiger partial charge on any atom is 0.187 e. The van der Waals surface area contributed by atoms with Crippen LogP contribution in [0.3, 0.4) is 0 Å². The van der Waals surface area contributed by atoms with Gasteiger partial charge in [-0.25, -0.2) is 0 Å². The van der Waals surface area contributed by atoms with Gasteiger partial charge in [0.05, 0.1) is 0 Å². The van der Waals surface area contributed by atoms with Crippen molar-refractivity contribution in [2.45, 2.75) is 18.4 Å². The lowest BCUT2D eigenvalue weighted by Crippen LogP contribution is -2.42. The SMILES string of the molecule is C=CC(=O)C(O)(Cc1ccccc1)Cc1ccccc1. The van der Waals surface area contributed by atoms with Crippen LogP contribution in [0.15, 0.2) is 73.3 Å². The van der Waals surface area contributed by atoms with Crippen molar-refractivity contribution in [2.24, 2.45) is 0 Å². The summed E-state index contributed by atoms with van der Waals surface area (Å²) in [5.41, 5.74) is 0.423. The Morgan fingerprint density at radius 3 is 1.70 bits per heavy atom. The number of rotatable bonds is 6. The smallest absolute Gasteiger partial charge is 0.187 e. The van der Waals surface area contributed by atoms with E-state index < -0.39 is 5.60 Å². The van der Waals surface area contributed by atoms with E-state index in [9.17, 15) is 9.90 Å². The Bertz CT molecular complexity index is 531. The molecule has 2 nitrogen and oxygen atoms in total. The lowest BCUT2D eigenvalue weighted by molar-refractivity contribution is -0.132. The van der Waals surface area contributed by atoms with Crippen LogP contribution < -0.4 is 0 Å². The average Bonchev–Trinajstić information content (AvgIpc) is 2.48. The third kappa shape index (κ3) is 3.43. The molecule has 0 fully saturated rings. The van der Waals surface area contributed by atoms with Crippen molar-refractivity contribution in [3.8, 4) is 0 Å². The summed E-state index contributed by atoms with van der Waals surface area (Å²) in [5.74, 6) is -0.342. The Kier molecular flexibility index (Phi) is 4.49. The molecule has 0 radical (unpaired) electrons. The number of ketones is 1. The summed E-state index contributed by atoms with van der Waals surface area (Å²) < 4.78 is 0. The summed E-state index contributed by atoms with van der Waals surface area (Å²) in [5, 5.41) is 10.8. The van der Waals surface area contributed by atoms with Gasteiger partial charge in [0.1, 0.15) is 5.60 Å². The Morgan fingerprint density at radius 2 is 1.35 bits per heavy atom. The molecule has 0 bridgehead atoms. The molecular formula is C18H18O2. The van der Waals surface area contributed by atoms with Gasteiger partial charge in [0.25, 0.3) is 0 Å². The van der Waals surface area contributed by atoms with Crippen molar-refractivity contribution in [3.63, 3.8) is 0 Å². The standard InChI is InChI=1S/C18H18O2/c1-2-17(19)18(20,13-15-9-5-3-6-10-15)14-16-11-7-4-8-12-16/h2-12,20H,1,13-14H2. The number of benzene rings is 2. The van der Waals surface area contributed by atoms with Crippen molar-refractivity contribution in [1.29, 1.82) is 0 Å². The summed E-state index contributed by atoms with van der Waals surface area (Å²) >= 11 is 0. The fourth-order valence-corrected chi connectivity index (χ4v) is 2.29. The molecule has 0 unspecified atom stereocenters. The van der Waals surface area contributed by atoms with Crippen molar-refractivity contribution in [2.75, 3.05) is 0 Å². The number of carbonyl (C=O) groups excluding carboxylic acids is 1. The van der Waals surface area contributed by atoms with Crippen molar-refractivity contribution >= 4 is 5.78 Å². The highest BCUT2D eigenvalue weighted by Crippen LogP contribution is 2.21. The van der Waals surface area contributed by atoms with Crippen molar-refractivity contribution in [1.82, 2.24) is 0 Å². The lowest BCUT2D eigenvalue weighted by atomic mass is 9.84. The second kappa shape index (κ2) is 6.31. The van der Waals surface area contributed by atoms with E-state index in [-0.39, 0.29) is 18.6 Å². The molecule has 0 amide bonds. The molecule has 1 N–H and O–H groups in total. The third-order valence-corrected chi connectivity index (χ3v) is 3.32. The first kappa shape index (κ1) is 14.2. The number of hydrogen-bond acceptors (Lipinski definition) is 2. The zero-order valence-electron chi connectivity index (χ0n) is 11.3. The second-order valence-corrected chi connectivity index (χ2v) is 4.92. The lowest BCUT2D eigenvalue weighted by Gasteiger charge is -2.25. The average molecular weight is 266 g/mol. The van der Waals surface area contributed by atoms with Crippen LogP contribution in [0.5, 0.6) is 0 Å². The van der Waals surface area contributed by atoms with Crippen LogP contribution >= 0.6 is 0 Å².